The van der Waals surface area contributed by atoms with Crippen molar-refractivity contribution in [3.05, 3.63) is 42.0 Å². The van der Waals surface area contributed by atoms with E-state index in [0.717, 1.165) is 31.6 Å². The Morgan fingerprint density at radius 3 is 3.00 bits per heavy atom. The summed E-state index contributed by atoms with van der Waals surface area (Å²) in [5, 5.41) is 15.3. The van der Waals surface area contributed by atoms with Crippen LogP contribution in [-0.2, 0) is 14.9 Å². The average Bonchev–Trinajstić information content (AvgIpc) is 3.23. The molecule has 0 radical (unpaired) electrons. The van der Waals surface area contributed by atoms with Gasteiger partial charge in [0.2, 0.25) is 0 Å². The van der Waals surface area contributed by atoms with E-state index in [-0.39, 0.29) is 22.9 Å². The minimum atomic E-state index is -1.54. The summed E-state index contributed by atoms with van der Waals surface area (Å²) in [4.78, 5) is 15.4. The second-order valence-electron chi connectivity index (χ2n) is 8.39. The van der Waals surface area contributed by atoms with Crippen LogP contribution in [0.5, 0.6) is 0 Å². The molecule has 1 spiro atoms. The Bertz CT molecular complexity index is 808. The summed E-state index contributed by atoms with van der Waals surface area (Å²) in [7, 11) is 1.37. The second-order valence-corrected chi connectivity index (χ2v) is 8.39. The van der Waals surface area contributed by atoms with E-state index in [0.29, 0.717) is 6.42 Å². The number of para-hydroxylation sites is 1. The number of nitrogens with one attached hydrogen (secondary N) is 1. The van der Waals surface area contributed by atoms with Crippen LogP contribution in [0.25, 0.3) is 0 Å². The van der Waals surface area contributed by atoms with Crippen LogP contribution >= 0.6 is 0 Å². The minimum absolute atomic E-state index is 0.229. The first-order valence-corrected chi connectivity index (χ1v) is 9.60. The summed E-state index contributed by atoms with van der Waals surface area (Å²) >= 11 is 0. The average molecular weight is 354 g/mol. The number of methoxy groups -OCH3 is 1. The lowest BCUT2D eigenvalue weighted by Gasteiger charge is -2.59. The number of carbonyl (C=O) groups excluding carboxylic acids is 1. The van der Waals surface area contributed by atoms with Gasteiger partial charge in [-0.15, -0.1) is 0 Å². The molecule has 0 unspecified atom stereocenters. The van der Waals surface area contributed by atoms with Gasteiger partial charge in [0.25, 0.3) is 0 Å². The summed E-state index contributed by atoms with van der Waals surface area (Å²) in [6, 6.07) is 8.25. The SMILES string of the molecule is CC[C@]12C=CCN3CC[C@@]4(c5ccccc5N[C@H]4[C@@](O)(C(=O)OC)C1)[C@@H]32. The molecular weight excluding hydrogens is 328 g/mol. The Balaban J connectivity index is 1.80. The lowest BCUT2D eigenvalue weighted by molar-refractivity contribution is -0.179. The molecule has 3 heterocycles. The van der Waals surface area contributed by atoms with E-state index < -0.39 is 11.6 Å². The Morgan fingerprint density at radius 2 is 2.23 bits per heavy atom. The van der Waals surface area contributed by atoms with E-state index >= 15 is 0 Å². The van der Waals surface area contributed by atoms with E-state index in [2.05, 4.69) is 47.5 Å². The predicted octanol–water partition coefficient (Wildman–Crippen LogP) is 2.07. The van der Waals surface area contributed by atoms with Gasteiger partial charge in [-0.1, -0.05) is 37.3 Å². The molecule has 5 heteroatoms. The molecule has 138 valence electrons. The van der Waals surface area contributed by atoms with E-state index in [1.165, 1.54) is 12.7 Å². The standard InChI is InChI=1S/C21H26N2O3/c1-3-19-9-6-11-23-12-10-20(17(19)23)14-7-4-5-8-15(14)22-16(20)21(25,13-19)18(24)26-2/h4-9,16-17,22,25H,3,10-13H2,1-2H3/t16-,17+,19+,20+,21-/m1/s1. The van der Waals surface area contributed by atoms with Crippen molar-refractivity contribution < 1.29 is 14.6 Å². The van der Waals surface area contributed by atoms with E-state index in [9.17, 15) is 9.90 Å². The van der Waals surface area contributed by atoms with Crippen molar-refractivity contribution in [1.82, 2.24) is 4.90 Å². The number of rotatable bonds is 2. The first-order chi connectivity index (χ1) is 12.5. The van der Waals surface area contributed by atoms with Crippen LogP contribution in [0.15, 0.2) is 36.4 Å². The fourth-order valence-corrected chi connectivity index (χ4v) is 6.65. The lowest BCUT2D eigenvalue weighted by atomic mass is 9.49. The van der Waals surface area contributed by atoms with E-state index in [4.69, 9.17) is 4.74 Å². The van der Waals surface area contributed by atoms with Gasteiger partial charge in [-0.25, -0.2) is 4.79 Å². The van der Waals surface area contributed by atoms with Crippen molar-refractivity contribution in [2.24, 2.45) is 5.41 Å². The molecule has 1 aromatic rings. The van der Waals surface area contributed by atoms with Gasteiger partial charge in [0, 0.05) is 29.1 Å². The van der Waals surface area contributed by atoms with Gasteiger partial charge < -0.3 is 15.2 Å². The highest BCUT2D eigenvalue weighted by Crippen LogP contribution is 2.65. The van der Waals surface area contributed by atoms with Crippen molar-refractivity contribution in [2.75, 3.05) is 25.5 Å². The number of carbonyl (C=O) groups is 1. The van der Waals surface area contributed by atoms with Gasteiger partial charge in [0.15, 0.2) is 5.60 Å². The number of aliphatic hydroxyl groups is 1. The molecule has 5 rings (SSSR count). The minimum Gasteiger partial charge on any atom is -0.467 e. The van der Waals surface area contributed by atoms with Gasteiger partial charge >= 0.3 is 5.97 Å². The number of fused-ring (bicyclic) bond motifs is 1. The Kier molecular flexibility index (Phi) is 3.21. The highest BCUT2D eigenvalue weighted by Gasteiger charge is 2.73. The van der Waals surface area contributed by atoms with Crippen LogP contribution in [0.4, 0.5) is 5.69 Å². The summed E-state index contributed by atoms with van der Waals surface area (Å²) in [6.45, 7) is 4.10. The second kappa shape index (κ2) is 5.11. The highest BCUT2D eigenvalue weighted by molar-refractivity contribution is 5.84. The molecule has 1 saturated carbocycles. The molecule has 4 aliphatic rings. The smallest absolute Gasteiger partial charge is 0.340 e. The molecule has 0 amide bonds. The third kappa shape index (κ3) is 1.66. The molecule has 2 N–H and O–H groups in total. The Hall–Kier alpha value is -1.85. The number of anilines is 1. The third-order valence-corrected chi connectivity index (χ3v) is 7.52. The number of hydrogen-bond acceptors (Lipinski definition) is 5. The van der Waals surface area contributed by atoms with Gasteiger partial charge in [0.05, 0.1) is 13.2 Å². The maximum Gasteiger partial charge on any atom is 0.340 e. The third-order valence-electron chi connectivity index (χ3n) is 7.52. The fraction of sp³-hybridized carbons (Fsp3) is 0.571. The maximum absolute atomic E-state index is 12.8. The van der Waals surface area contributed by atoms with Crippen LogP contribution in [0.3, 0.4) is 0 Å². The molecule has 1 aromatic carbocycles. The molecule has 5 atom stereocenters. The molecule has 3 aliphatic heterocycles. The molecule has 26 heavy (non-hydrogen) atoms. The van der Waals surface area contributed by atoms with Crippen LogP contribution in [-0.4, -0.2) is 53.9 Å². The van der Waals surface area contributed by atoms with Gasteiger partial charge in [-0.3, -0.25) is 4.90 Å². The summed E-state index contributed by atoms with van der Waals surface area (Å²) in [6.07, 6.45) is 6.71. The van der Waals surface area contributed by atoms with Crippen molar-refractivity contribution in [1.29, 1.82) is 0 Å². The number of hydrogen-bond donors (Lipinski definition) is 2. The first kappa shape index (κ1) is 16.3. The Labute approximate surface area is 154 Å². The number of benzene rings is 1. The van der Waals surface area contributed by atoms with Crippen molar-refractivity contribution >= 4 is 11.7 Å². The van der Waals surface area contributed by atoms with Crippen LogP contribution < -0.4 is 5.32 Å². The van der Waals surface area contributed by atoms with E-state index in [1.54, 1.807) is 0 Å². The number of nitrogens with zero attached hydrogens (tertiary/aromatic N) is 1. The van der Waals surface area contributed by atoms with Crippen molar-refractivity contribution in [3.63, 3.8) is 0 Å². The van der Waals surface area contributed by atoms with Crippen LogP contribution in [0.1, 0.15) is 31.7 Å². The van der Waals surface area contributed by atoms with Crippen molar-refractivity contribution in [3.8, 4) is 0 Å². The molecule has 0 aromatic heterocycles. The highest BCUT2D eigenvalue weighted by atomic mass is 16.5. The zero-order valence-corrected chi connectivity index (χ0v) is 15.4. The van der Waals surface area contributed by atoms with Gasteiger partial charge in [-0.2, -0.15) is 0 Å². The lowest BCUT2D eigenvalue weighted by Crippen LogP contribution is -2.73. The van der Waals surface area contributed by atoms with E-state index in [1.807, 2.05) is 6.07 Å². The number of esters is 1. The van der Waals surface area contributed by atoms with Crippen LogP contribution in [0.2, 0.25) is 0 Å². The molecular formula is C21H26N2O3. The quantitative estimate of drug-likeness (QED) is 0.629. The molecule has 5 nitrogen and oxygen atoms in total. The summed E-state index contributed by atoms with van der Waals surface area (Å²) in [5.41, 5.74) is 0.236. The fourth-order valence-electron chi connectivity index (χ4n) is 6.65. The van der Waals surface area contributed by atoms with Gasteiger partial charge in [0.1, 0.15) is 0 Å². The zero-order chi connectivity index (χ0) is 18.2. The summed E-state index contributed by atoms with van der Waals surface area (Å²) in [5.74, 6) is -0.522. The monoisotopic (exact) mass is 354 g/mol. The topological polar surface area (TPSA) is 61.8 Å². The zero-order valence-electron chi connectivity index (χ0n) is 15.4. The molecule has 1 aliphatic carbocycles. The maximum atomic E-state index is 12.8. The number of ether oxygens (including phenoxy) is 1. The summed E-state index contributed by atoms with van der Waals surface area (Å²) < 4.78 is 5.11. The predicted molar refractivity (Wildman–Crippen MR) is 99.0 cm³/mol. The first-order valence-electron chi connectivity index (χ1n) is 9.60. The normalized spacial score (nSPS) is 42.6. The molecule has 1 saturated heterocycles. The van der Waals surface area contributed by atoms with Gasteiger partial charge in [-0.05, 0) is 37.4 Å². The largest absolute Gasteiger partial charge is 0.467 e. The van der Waals surface area contributed by atoms with Crippen LogP contribution in [0, 0.1) is 5.41 Å². The molecule has 0 bridgehead atoms. The molecule has 2 fully saturated rings. The van der Waals surface area contributed by atoms with Crippen molar-refractivity contribution in [2.45, 2.75) is 49.3 Å². The Morgan fingerprint density at radius 1 is 1.42 bits per heavy atom.